The van der Waals surface area contributed by atoms with Gasteiger partial charge < -0.3 is 4.74 Å². The Hall–Kier alpha value is -1.91. The number of hydrazone groups is 1. The minimum atomic E-state index is -1.10. The van der Waals surface area contributed by atoms with Gasteiger partial charge in [-0.15, -0.1) is 0 Å². The van der Waals surface area contributed by atoms with E-state index in [1.807, 2.05) is 36.4 Å². The summed E-state index contributed by atoms with van der Waals surface area (Å²) in [7, 11) is 1.56. The second kappa shape index (κ2) is 5.23. The van der Waals surface area contributed by atoms with E-state index in [-0.39, 0.29) is 0 Å². The number of nitrogens with zero attached hydrogens (tertiary/aromatic N) is 2. The highest BCUT2D eigenvalue weighted by Crippen LogP contribution is 2.33. The standard InChI is InChI=1S/C15H14ClN3O/c1-20-15(16)13-5-3-2-4-12(13)14(18-19-15)10-11-6-8-17-9-7-11/h2-9,19H,10H2,1H3. The van der Waals surface area contributed by atoms with Crippen LogP contribution in [0.4, 0.5) is 0 Å². The summed E-state index contributed by atoms with van der Waals surface area (Å²) in [5.74, 6) is 0. The van der Waals surface area contributed by atoms with Gasteiger partial charge in [0.1, 0.15) is 0 Å². The van der Waals surface area contributed by atoms with Crippen LogP contribution in [0, 0.1) is 0 Å². The van der Waals surface area contributed by atoms with Crippen molar-refractivity contribution in [1.82, 2.24) is 10.4 Å². The molecule has 1 N–H and O–H groups in total. The lowest BCUT2D eigenvalue weighted by Gasteiger charge is -2.31. The van der Waals surface area contributed by atoms with E-state index in [9.17, 15) is 0 Å². The Bertz CT molecular complexity index is 645. The van der Waals surface area contributed by atoms with E-state index in [4.69, 9.17) is 16.3 Å². The molecule has 0 bridgehead atoms. The van der Waals surface area contributed by atoms with Crippen LogP contribution in [0.15, 0.2) is 53.9 Å². The van der Waals surface area contributed by atoms with E-state index in [0.29, 0.717) is 6.42 Å². The van der Waals surface area contributed by atoms with Gasteiger partial charge in [0, 0.05) is 37.1 Å². The number of aromatic nitrogens is 1. The topological polar surface area (TPSA) is 46.5 Å². The molecule has 1 aromatic carbocycles. The third-order valence-electron chi connectivity index (χ3n) is 3.32. The maximum atomic E-state index is 6.41. The molecule has 2 heterocycles. The van der Waals surface area contributed by atoms with Crippen LogP contribution in [0.1, 0.15) is 16.7 Å². The maximum absolute atomic E-state index is 6.41. The van der Waals surface area contributed by atoms with Gasteiger partial charge in [-0.2, -0.15) is 5.10 Å². The fraction of sp³-hybridized carbons (Fsp3) is 0.200. The monoisotopic (exact) mass is 287 g/mol. The van der Waals surface area contributed by atoms with Crippen molar-refractivity contribution >= 4 is 17.3 Å². The largest absolute Gasteiger partial charge is 0.341 e. The number of halogens is 1. The summed E-state index contributed by atoms with van der Waals surface area (Å²) in [6.45, 7) is 0. The lowest BCUT2D eigenvalue weighted by molar-refractivity contribution is 0.0303. The van der Waals surface area contributed by atoms with Crippen LogP contribution in [0.5, 0.6) is 0 Å². The average molecular weight is 288 g/mol. The number of methoxy groups -OCH3 is 1. The molecule has 1 unspecified atom stereocenters. The summed E-state index contributed by atoms with van der Waals surface area (Å²) in [6.07, 6.45) is 4.27. The zero-order chi connectivity index (χ0) is 14.0. The first kappa shape index (κ1) is 13.1. The van der Waals surface area contributed by atoms with E-state index >= 15 is 0 Å². The minimum absolute atomic E-state index is 0.712. The first-order valence-electron chi connectivity index (χ1n) is 6.29. The highest BCUT2D eigenvalue weighted by Gasteiger charge is 2.35. The van der Waals surface area contributed by atoms with Gasteiger partial charge in [0.25, 0.3) is 5.18 Å². The lowest BCUT2D eigenvalue weighted by atomic mass is 9.96. The van der Waals surface area contributed by atoms with Crippen LogP contribution in [0.3, 0.4) is 0 Å². The molecule has 102 valence electrons. The number of ether oxygens (including phenoxy) is 1. The molecule has 0 fully saturated rings. The highest BCUT2D eigenvalue weighted by atomic mass is 35.5. The SMILES string of the molecule is COC1(Cl)NN=C(Cc2ccncc2)c2ccccc21. The van der Waals surface area contributed by atoms with Gasteiger partial charge in [0.15, 0.2) is 0 Å². The van der Waals surface area contributed by atoms with Crippen molar-refractivity contribution in [2.75, 3.05) is 7.11 Å². The molecule has 1 aliphatic rings. The van der Waals surface area contributed by atoms with E-state index in [0.717, 1.165) is 22.4 Å². The molecule has 2 aromatic rings. The van der Waals surface area contributed by atoms with Crippen molar-refractivity contribution in [2.45, 2.75) is 11.6 Å². The number of pyridine rings is 1. The molecule has 0 aliphatic carbocycles. The number of hydrogen-bond donors (Lipinski definition) is 1. The molecule has 0 radical (unpaired) electrons. The Morgan fingerprint density at radius 2 is 1.95 bits per heavy atom. The summed E-state index contributed by atoms with van der Waals surface area (Å²) < 4.78 is 5.34. The number of fused-ring (bicyclic) bond motifs is 1. The number of rotatable bonds is 3. The molecule has 0 saturated heterocycles. The first-order valence-corrected chi connectivity index (χ1v) is 6.67. The van der Waals surface area contributed by atoms with Crippen molar-refractivity contribution in [3.8, 4) is 0 Å². The molecule has 20 heavy (non-hydrogen) atoms. The van der Waals surface area contributed by atoms with Crippen LogP contribution < -0.4 is 5.43 Å². The third kappa shape index (κ3) is 2.28. The van der Waals surface area contributed by atoms with Gasteiger partial charge >= 0.3 is 0 Å². The smallest absolute Gasteiger partial charge is 0.259 e. The van der Waals surface area contributed by atoms with Gasteiger partial charge in [0.2, 0.25) is 0 Å². The van der Waals surface area contributed by atoms with Crippen LogP contribution in [-0.2, 0) is 16.3 Å². The Kier molecular flexibility index (Phi) is 3.42. The Morgan fingerprint density at radius 1 is 1.20 bits per heavy atom. The fourth-order valence-electron chi connectivity index (χ4n) is 2.26. The molecule has 1 aliphatic heterocycles. The van der Waals surface area contributed by atoms with Crippen molar-refractivity contribution in [3.05, 3.63) is 65.5 Å². The second-order valence-electron chi connectivity index (χ2n) is 4.55. The molecular formula is C15H14ClN3O. The Labute approximate surface area is 122 Å². The fourth-order valence-corrected chi connectivity index (χ4v) is 2.47. The predicted molar refractivity (Wildman–Crippen MR) is 78.6 cm³/mol. The van der Waals surface area contributed by atoms with E-state index in [1.54, 1.807) is 19.5 Å². The van der Waals surface area contributed by atoms with Crippen molar-refractivity contribution < 1.29 is 4.74 Å². The van der Waals surface area contributed by atoms with Crippen LogP contribution >= 0.6 is 11.6 Å². The summed E-state index contributed by atoms with van der Waals surface area (Å²) >= 11 is 6.41. The van der Waals surface area contributed by atoms with Crippen LogP contribution in [0.25, 0.3) is 0 Å². The summed E-state index contributed by atoms with van der Waals surface area (Å²) in [5, 5.41) is 3.28. The molecule has 4 nitrogen and oxygen atoms in total. The second-order valence-corrected chi connectivity index (χ2v) is 5.08. The zero-order valence-electron chi connectivity index (χ0n) is 11.0. The maximum Gasteiger partial charge on any atom is 0.259 e. The summed E-state index contributed by atoms with van der Waals surface area (Å²) in [6, 6.07) is 11.8. The zero-order valence-corrected chi connectivity index (χ0v) is 11.8. The molecule has 1 atom stereocenters. The van der Waals surface area contributed by atoms with Crippen LogP contribution in [-0.4, -0.2) is 17.8 Å². The Morgan fingerprint density at radius 3 is 2.70 bits per heavy atom. The minimum Gasteiger partial charge on any atom is -0.341 e. The van der Waals surface area contributed by atoms with Crippen molar-refractivity contribution in [1.29, 1.82) is 0 Å². The van der Waals surface area contributed by atoms with Gasteiger partial charge in [-0.05, 0) is 17.7 Å². The molecule has 0 spiro atoms. The van der Waals surface area contributed by atoms with E-state index in [1.165, 1.54) is 0 Å². The number of alkyl halides is 1. The Balaban J connectivity index is 1.99. The number of hydrogen-bond acceptors (Lipinski definition) is 4. The highest BCUT2D eigenvalue weighted by molar-refractivity contribution is 6.24. The van der Waals surface area contributed by atoms with Crippen molar-refractivity contribution in [3.63, 3.8) is 0 Å². The van der Waals surface area contributed by atoms with Gasteiger partial charge in [0.05, 0.1) is 5.71 Å². The first-order chi connectivity index (χ1) is 9.73. The quantitative estimate of drug-likeness (QED) is 0.697. The molecule has 1 aromatic heterocycles. The predicted octanol–water partition coefficient (Wildman–Crippen LogP) is 2.63. The van der Waals surface area contributed by atoms with Crippen LogP contribution in [0.2, 0.25) is 0 Å². The third-order valence-corrected chi connectivity index (χ3v) is 3.76. The van der Waals surface area contributed by atoms with Gasteiger partial charge in [-0.25, -0.2) is 0 Å². The van der Waals surface area contributed by atoms with Gasteiger partial charge in [-0.1, -0.05) is 35.9 Å². The van der Waals surface area contributed by atoms with E-state index in [2.05, 4.69) is 15.5 Å². The molecule has 3 rings (SSSR count). The lowest BCUT2D eigenvalue weighted by Crippen LogP contribution is -2.41. The molecular weight excluding hydrogens is 274 g/mol. The molecule has 0 amide bonds. The van der Waals surface area contributed by atoms with Crippen molar-refractivity contribution in [2.24, 2.45) is 5.10 Å². The number of benzene rings is 1. The van der Waals surface area contributed by atoms with Gasteiger partial charge in [-0.3, -0.25) is 10.4 Å². The molecule has 0 saturated carbocycles. The number of nitrogens with one attached hydrogen (secondary N) is 1. The normalized spacial score (nSPS) is 20.8. The summed E-state index contributed by atoms with van der Waals surface area (Å²) in [4.78, 5) is 4.02. The summed E-state index contributed by atoms with van der Waals surface area (Å²) in [5.41, 5.74) is 6.84. The van der Waals surface area contributed by atoms with E-state index < -0.39 is 5.18 Å². The average Bonchev–Trinajstić information content (AvgIpc) is 2.52. The molecule has 5 heteroatoms.